The summed E-state index contributed by atoms with van der Waals surface area (Å²) < 4.78 is 14.0. The molecule has 0 spiro atoms. The molecule has 0 amide bonds. The van der Waals surface area contributed by atoms with E-state index in [-0.39, 0.29) is 17.5 Å². The minimum Gasteiger partial charge on any atom is -0.437 e. The Bertz CT molecular complexity index is 3840. The molecule has 0 fully saturated rings. The molecule has 0 saturated carbocycles. The predicted molar refractivity (Wildman–Crippen MR) is 300 cm³/mol. The quantitative estimate of drug-likeness (QED) is 0.155. The van der Waals surface area contributed by atoms with Gasteiger partial charge in [-0.2, -0.15) is 0 Å². The Labute approximate surface area is 416 Å². The van der Waals surface area contributed by atoms with Gasteiger partial charge in [0.2, 0.25) is 0 Å². The zero-order chi connectivity index (χ0) is 48.3. The van der Waals surface area contributed by atoms with Crippen molar-refractivity contribution >= 4 is 107 Å². The average molecular weight is 920 g/mol. The van der Waals surface area contributed by atoms with Gasteiger partial charge in [-0.05, 0) is 153 Å². The second kappa shape index (κ2) is 15.9. The number of hydrogen-bond acceptors (Lipinski definition) is 5. The molecule has 0 saturated heterocycles. The van der Waals surface area contributed by atoms with Crippen LogP contribution in [0.4, 0.5) is 51.2 Å². The molecule has 6 heteroatoms. The number of anilines is 9. The number of benzene rings is 9. The van der Waals surface area contributed by atoms with Gasteiger partial charge < -0.3 is 23.5 Å². The molecule has 13 rings (SSSR count). The molecule has 0 atom stereocenters. The number of para-hydroxylation sites is 3. The van der Waals surface area contributed by atoms with Crippen LogP contribution in [0.1, 0.15) is 58.2 Å². The lowest BCUT2D eigenvalue weighted by atomic mass is 9.35. The molecule has 71 heavy (non-hydrogen) atoms. The lowest BCUT2D eigenvalue weighted by Crippen LogP contribution is -2.61. The van der Waals surface area contributed by atoms with Crippen molar-refractivity contribution in [3.63, 3.8) is 0 Å². The normalized spacial score (nSPS) is 13.2. The first-order valence-corrected chi connectivity index (χ1v) is 24.9. The van der Waals surface area contributed by atoms with Gasteiger partial charge in [-0.3, -0.25) is 0 Å². The standard InChI is InChI=1S/C65H54BN3O2/c1-41-36-56-60-57(37-41)69(54-34-30-46(65(5,6)7)39-52(54)44-27-26-42-18-14-15-19-43(42)38-44)55-35-33-50(67(47-20-10-8-11-21-47)48-22-12-9-13-23-48)40-53(55)66(60)62-61(59-51-24-16-17-25-58(51)70-63(59)71-62)68(56)49-31-28-45(29-32-49)64(2,3)4/h8-40H,1-7H3. The molecule has 2 aromatic heterocycles. The van der Waals surface area contributed by atoms with Crippen molar-refractivity contribution in [2.24, 2.45) is 0 Å². The van der Waals surface area contributed by atoms with Crippen molar-refractivity contribution < 1.29 is 8.83 Å². The number of rotatable bonds is 6. The molecule has 2 aliphatic heterocycles. The summed E-state index contributed by atoms with van der Waals surface area (Å²) in [7, 11) is 0. The second-order valence-electron chi connectivity index (χ2n) is 21.5. The summed E-state index contributed by atoms with van der Waals surface area (Å²) in [5, 5.41) is 4.45. The summed E-state index contributed by atoms with van der Waals surface area (Å²) in [5.74, 6) is 0.533. The molecule has 4 heterocycles. The van der Waals surface area contributed by atoms with Gasteiger partial charge in [0.25, 0.3) is 12.5 Å². The Balaban J connectivity index is 1.14. The highest BCUT2D eigenvalue weighted by Gasteiger charge is 2.48. The van der Waals surface area contributed by atoms with E-state index in [0.29, 0.717) is 5.78 Å². The maximum Gasteiger partial charge on any atom is 0.299 e. The highest BCUT2D eigenvalue weighted by Crippen LogP contribution is 2.51. The summed E-state index contributed by atoms with van der Waals surface area (Å²) in [6.45, 7) is 15.7. The van der Waals surface area contributed by atoms with Gasteiger partial charge in [0.1, 0.15) is 11.2 Å². The van der Waals surface area contributed by atoms with E-state index < -0.39 is 0 Å². The van der Waals surface area contributed by atoms with Crippen molar-refractivity contribution in [3.8, 4) is 11.1 Å². The molecule has 0 radical (unpaired) electrons. The SMILES string of the molecule is Cc1cc2c3c(c1)N(c1ccc(C(C)(C)C)cc1)c1c(oc4oc5ccccc5c14)B3c1cc(N(c3ccccc3)c3ccccc3)ccc1N2c1ccc(C(C)(C)C)cc1-c1ccc2ccccc2c1. The van der Waals surface area contributed by atoms with E-state index in [1.165, 1.54) is 38.5 Å². The van der Waals surface area contributed by atoms with Crippen molar-refractivity contribution in [1.82, 2.24) is 0 Å². The largest absolute Gasteiger partial charge is 0.437 e. The Morgan fingerprint density at radius 2 is 1.10 bits per heavy atom. The maximum atomic E-state index is 7.30. The highest BCUT2D eigenvalue weighted by atomic mass is 16.5. The topological polar surface area (TPSA) is 36.0 Å². The summed E-state index contributed by atoms with van der Waals surface area (Å²) in [5.41, 5.74) is 19.7. The molecule has 0 unspecified atom stereocenters. The van der Waals surface area contributed by atoms with Gasteiger partial charge in [-0.1, -0.05) is 151 Å². The van der Waals surface area contributed by atoms with Gasteiger partial charge in [-0.15, -0.1) is 0 Å². The first-order chi connectivity index (χ1) is 34.4. The Morgan fingerprint density at radius 3 is 1.80 bits per heavy atom. The number of furan rings is 2. The Kier molecular flexibility index (Phi) is 9.60. The summed E-state index contributed by atoms with van der Waals surface area (Å²) >= 11 is 0. The van der Waals surface area contributed by atoms with E-state index >= 15 is 0 Å². The minimum atomic E-state index is -0.292. The van der Waals surface area contributed by atoms with Gasteiger partial charge in [0, 0.05) is 50.8 Å². The van der Waals surface area contributed by atoms with Crippen LogP contribution < -0.4 is 31.3 Å². The van der Waals surface area contributed by atoms with E-state index in [2.05, 4.69) is 251 Å². The van der Waals surface area contributed by atoms with Crippen molar-refractivity contribution in [3.05, 3.63) is 217 Å². The molecular weight excluding hydrogens is 866 g/mol. The minimum absolute atomic E-state index is 0.0105. The third-order valence-electron chi connectivity index (χ3n) is 14.8. The van der Waals surface area contributed by atoms with Crippen molar-refractivity contribution in [1.29, 1.82) is 0 Å². The summed E-state index contributed by atoms with van der Waals surface area (Å²) in [6.07, 6.45) is 0. The number of nitrogens with zero attached hydrogens (tertiary/aromatic N) is 3. The van der Waals surface area contributed by atoms with E-state index in [0.717, 1.165) is 84.2 Å². The molecule has 0 N–H and O–H groups in total. The van der Waals surface area contributed by atoms with Crippen LogP contribution in [0.2, 0.25) is 0 Å². The van der Waals surface area contributed by atoms with Crippen LogP contribution >= 0.6 is 0 Å². The fourth-order valence-electron chi connectivity index (χ4n) is 11.3. The Morgan fingerprint density at radius 1 is 0.479 bits per heavy atom. The first-order valence-electron chi connectivity index (χ1n) is 24.9. The first kappa shape index (κ1) is 42.9. The van der Waals surface area contributed by atoms with Crippen LogP contribution in [-0.2, 0) is 10.8 Å². The van der Waals surface area contributed by atoms with Gasteiger partial charge >= 0.3 is 0 Å². The van der Waals surface area contributed by atoms with Gasteiger partial charge in [0.15, 0.2) is 0 Å². The lowest BCUT2D eigenvalue weighted by molar-refractivity contribution is 0.517. The van der Waals surface area contributed by atoms with E-state index in [9.17, 15) is 0 Å². The molecular formula is C65H54BN3O2. The molecule has 2 aliphatic rings. The van der Waals surface area contributed by atoms with Gasteiger partial charge in [-0.25, -0.2) is 0 Å². The number of aryl methyl sites for hydroxylation is 1. The molecule has 11 aromatic rings. The maximum absolute atomic E-state index is 7.30. The highest BCUT2D eigenvalue weighted by molar-refractivity contribution is 7.00. The molecule has 344 valence electrons. The third kappa shape index (κ3) is 6.91. The summed E-state index contributed by atoms with van der Waals surface area (Å²) in [4.78, 5) is 7.36. The van der Waals surface area contributed by atoms with Crippen molar-refractivity contribution in [2.75, 3.05) is 14.7 Å². The molecule has 5 nitrogen and oxygen atoms in total. The van der Waals surface area contributed by atoms with E-state index in [1.807, 2.05) is 12.1 Å². The number of fused-ring (bicyclic) bond motifs is 9. The smallest absolute Gasteiger partial charge is 0.299 e. The van der Waals surface area contributed by atoms with Crippen LogP contribution in [-0.4, -0.2) is 6.71 Å². The van der Waals surface area contributed by atoms with Crippen LogP contribution in [0.15, 0.2) is 209 Å². The molecule has 0 bridgehead atoms. The molecule has 9 aromatic carbocycles. The number of hydrogen-bond donors (Lipinski definition) is 0. The monoisotopic (exact) mass is 919 g/mol. The van der Waals surface area contributed by atoms with Crippen LogP contribution in [0, 0.1) is 6.92 Å². The lowest BCUT2D eigenvalue weighted by Gasteiger charge is -2.43. The Hall–Kier alpha value is -8.22. The van der Waals surface area contributed by atoms with Gasteiger partial charge in [0.05, 0.1) is 16.8 Å². The van der Waals surface area contributed by atoms with Crippen LogP contribution in [0.3, 0.4) is 0 Å². The summed E-state index contributed by atoms with van der Waals surface area (Å²) in [6, 6.07) is 73.4. The van der Waals surface area contributed by atoms with E-state index in [1.54, 1.807) is 0 Å². The zero-order valence-electron chi connectivity index (χ0n) is 41.3. The van der Waals surface area contributed by atoms with E-state index in [4.69, 9.17) is 8.83 Å². The van der Waals surface area contributed by atoms with Crippen LogP contribution in [0.25, 0.3) is 44.0 Å². The predicted octanol–water partition coefficient (Wildman–Crippen LogP) is 16.5. The average Bonchev–Trinajstić information content (AvgIpc) is 3.93. The zero-order valence-corrected chi connectivity index (χ0v) is 41.3. The fourth-order valence-corrected chi connectivity index (χ4v) is 11.3. The second-order valence-corrected chi connectivity index (χ2v) is 21.5. The third-order valence-corrected chi connectivity index (χ3v) is 14.8. The molecule has 0 aliphatic carbocycles. The van der Waals surface area contributed by atoms with Crippen LogP contribution in [0.5, 0.6) is 0 Å². The fraction of sp³-hybridized carbons (Fsp3) is 0.138. The van der Waals surface area contributed by atoms with Crippen molar-refractivity contribution in [2.45, 2.75) is 59.3 Å².